The van der Waals surface area contributed by atoms with Crippen LogP contribution in [0.5, 0.6) is 0 Å². The number of aryl methyl sites for hydroxylation is 1. The van der Waals surface area contributed by atoms with E-state index >= 15 is 0 Å². The van der Waals surface area contributed by atoms with Gasteiger partial charge in [0, 0.05) is 12.5 Å². The first-order valence-corrected chi connectivity index (χ1v) is 7.77. The van der Waals surface area contributed by atoms with Gasteiger partial charge in [0.15, 0.2) is 5.82 Å². The molecule has 2 heterocycles. The van der Waals surface area contributed by atoms with Gasteiger partial charge in [0.25, 0.3) is 0 Å². The van der Waals surface area contributed by atoms with Crippen LogP contribution >= 0.6 is 34.2 Å². The number of aromatic nitrogens is 2. The van der Waals surface area contributed by atoms with Gasteiger partial charge in [-0.15, -0.1) is 0 Å². The number of para-hydroxylation sites is 1. The Kier molecular flexibility index (Phi) is 4.14. The number of benzene rings is 1. The van der Waals surface area contributed by atoms with Crippen molar-refractivity contribution in [3.8, 4) is 11.4 Å². The van der Waals surface area contributed by atoms with E-state index in [1.165, 1.54) is 0 Å². The van der Waals surface area contributed by atoms with Gasteiger partial charge in [-0.2, -0.15) is 0 Å². The SMILES string of the molecule is COCc1nc(-c2c(C)oc3ccccc23)nc(Cl)c1I. The Balaban J connectivity index is 2.25. The van der Waals surface area contributed by atoms with Gasteiger partial charge in [-0.1, -0.05) is 29.8 Å². The maximum Gasteiger partial charge on any atom is 0.165 e. The molecule has 3 rings (SSSR count). The summed E-state index contributed by atoms with van der Waals surface area (Å²) in [6.07, 6.45) is 0. The molecule has 1 aromatic carbocycles. The first-order chi connectivity index (χ1) is 10.1. The Morgan fingerprint density at radius 3 is 2.81 bits per heavy atom. The van der Waals surface area contributed by atoms with E-state index in [2.05, 4.69) is 32.6 Å². The summed E-state index contributed by atoms with van der Waals surface area (Å²) in [6.45, 7) is 2.29. The fourth-order valence-electron chi connectivity index (χ4n) is 2.25. The second-order valence-electron chi connectivity index (χ2n) is 4.56. The largest absolute Gasteiger partial charge is 0.461 e. The summed E-state index contributed by atoms with van der Waals surface area (Å²) in [7, 11) is 1.63. The van der Waals surface area contributed by atoms with Crippen LogP contribution in [-0.4, -0.2) is 17.1 Å². The van der Waals surface area contributed by atoms with Crippen molar-refractivity contribution >= 4 is 45.2 Å². The molecule has 0 saturated carbocycles. The van der Waals surface area contributed by atoms with E-state index in [1.807, 2.05) is 31.2 Å². The van der Waals surface area contributed by atoms with E-state index < -0.39 is 0 Å². The van der Waals surface area contributed by atoms with E-state index in [0.717, 1.165) is 31.6 Å². The lowest BCUT2D eigenvalue weighted by molar-refractivity contribution is 0.181. The fourth-order valence-corrected chi connectivity index (χ4v) is 2.84. The highest BCUT2D eigenvalue weighted by Gasteiger charge is 2.18. The summed E-state index contributed by atoms with van der Waals surface area (Å²) in [5.41, 5.74) is 2.47. The third kappa shape index (κ3) is 2.65. The minimum atomic E-state index is 0.391. The summed E-state index contributed by atoms with van der Waals surface area (Å²) in [4.78, 5) is 8.99. The molecular weight excluding hydrogens is 403 g/mol. The number of rotatable bonds is 3. The molecule has 4 nitrogen and oxygen atoms in total. The van der Waals surface area contributed by atoms with Crippen molar-refractivity contribution in [2.24, 2.45) is 0 Å². The molecule has 0 atom stereocenters. The molecule has 0 aliphatic rings. The summed E-state index contributed by atoms with van der Waals surface area (Å²) in [5, 5.41) is 1.41. The molecule has 0 aliphatic heterocycles. The number of hydrogen-bond acceptors (Lipinski definition) is 4. The second-order valence-corrected chi connectivity index (χ2v) is 6.00. The number of nitrogens with zero attached hydrogens (tertiary/aromatic N) is 2. The van der Waals surface area contributed by atoms with Crippen molar-refractivity contribution in [3.63, 3.8) is 0 Å². The van der Waals surface area contributed by atoms with E-state index in [-0.39, 0.29) is 0 Å². The third-order valence-corrected chi connectivity index (χ3v) is 4.88. The minimum Gasteiger partial charge on any atom is -0.461 e. The standard InChI is InChI=1S/C15H12ClIN2O2/c1-8-12(9-5-3-4-6-11(9)21-8)15-18-10(7-20-2)13(17)14(16)19-15/h3-6H,7H2,1-2H3. The molecule has 0 bridgehead atoms. The van der Waals surface area contributed by atoms with E-state index in [0.29, 0.717) is 17.6 Å². The maximum absolute atomic E-state index is 6.23. The van der Waals surface area contributed by atoms with Crippen molar-refractivity contribution in [2.45, 2.75) is 13.5 Å². The molecule has 0 radical (unpaired) electrons. The van der Waals surface area contributed by atoms with Gasteiger partial charge in [0.05, 0.1) is 21.4 Å². The predicted molar refractivity (Wildman–Crippen MR) is 90.4 cm³/mol. The zero-order chi connectivity index (χ0) is 15.0. The topological polar surface area (TPSA) is 48.2 Å². The van der Waals surface area contributed by atoms with Crippen LogP contribution in [0, 0.1) is 10.5 Å². The number of hydrogen-bond donors (Lipinski definition) is 0. The molecule has 0 aliphatic carbocycles. The van der Waals surface area contributed by atoms with Crippen molar-refractivity contribution in [1.29, 1.82) is 0 Å². The van der Waals surface area contributed by atoms with Crippen LogP contribution in [0.3, 0.4) is 0 Å². The highest BCUT2D eigenvalue weighted by atomic mass is 127. The normalized spacial score (nSPS) is 11.2. The van der Waals surface area contributed by atoms with Gasteiger partial charge in [0.2, 0.25) is 0 Å². The van der Waals surface area contributed by atoms with Gasteiger partial charge in [-0.3, -0.25) is 0 Å². The molecule has 2 aromatic heterocycles. The van der Waals surface area contributed by atoms with E-state index in [9.17, 15) is 0 Å². The van der Waals surface area contributed by atoms with Crippen LogP contribution in [0.2, 0.25) is 5.15 Å². The summed E-state index contributed by atoms with van der Waals surface area (Å²) < 4.78 is 11.8. The van der Waals surface area contributed by atoms with Crippen molar-refractivity contribution in [3.05, 3.63) is 44.4 Å². The van der Waals surface area contributed by atoms with E-state index in [4.69, 9.17) is 20.8 Å². The Labute approximate surface area is 140 Å². The van der Waals surface area contributed by atoms with Gasteiger partial charge >= 0.3 is 0 Å². The van der Waals surface area contributed by atoms with Gasteiger partial charge in [-0.05, 0) is 35.6 Å². The van der Waals surface area contributed by atoms with Crippen LogP contribution < -0.4 is 0 Å². The third-order valence-electron chi connectivity index (χ3n) is 3.16. The van der Waals surface area contributed by atoms with E-state index in [1.54, 1.807) is 7.11 Å². The highest BCUT2D eigenvalue weighted by molar-refractivity contribution is 14.1. The van der Waals surface area contributed by atoms with Crippen molar-refractivity contribution < 1.29 is 9.15 Å². The predicted octanol–water partition coefficient (Wildman–Crippen LogP) is 4.60. The lowest BCUT2D eigenvalue weighted by Gasteiger charge is -2.07. The van der Waals surface area contributed by atoms with Gasteiger partial charge < -0.3 is 9.15 Å². The number of ether oxygens (including phenoxy) is 1. The molecular formula is C15H12ClIN2O2. The van der Waals surface area contributed by atoms with Crippen LogP contribution in [-0.2, 0) is 11.3 Å². The van der Waals surface area contributed by atoms with Crippen LogP contribution in [0.4, 0.5) is 0 Å². The lowest BCUT2D eigenvalue weighted by atomic mass is 10.1. The quantitative estimate of drug-likeness (QED) is 0.464. The number of methoxy groups -OCH3 is 1. The molecule has 3 aromatic rings. The monoisotopic (exact) mass is 414 g/mol. The van der Waals surface area contributed by atoms with Gasteiger partial charge in [-0.25, -0.2) is 9.97 Å². The van der Waals surface area contributed by atoms with Gasteiger partial charge in [0.1, 0.15) is 16.5 Å². The zero-order valence-electron chi connectivity index (χ0n) is 11.5. The number of halogens is 2. The highest BCUT2D eigenvalue weighted by Crippen LogP contribution is 2.34. The van der Waals surface area contributed by atoms with Crippen molar-refractivity contribution in [2.75, 3.05) is 7.11 Å². The molecule has 6 heteroatoms. The molecule has 0 fully saturated rings. The first-order valence-electron chi connectivity index (χ1n) is 6.31. The average Bonchev–Trinajstić information content (AvgIpc) is 2.79. The van der Waals surface area contributed by atoms with Crippen molar-refractivity contribution in [1.82, 2.24) is 9.97 Å². The Morgan fingerprint density at radius 1 is 1.29 bits per heavy atom. The summed E-state index contributed by atoms with van der Waals surface area (Å²) in [6, 6.07) is 7.82. The Morgan fingerprint density at radius 2 is 2.05 bits per heavy atom. The second kappa shape index (κ2) is 5.90. The minimum absolute atomic E-state index is 0.391. The molecule has 0 unspecified atom stereocenters. The van der Waals surface area contributed by atoms with Crippen LogP contribution in [0.25, 0.3) is 22.4 Å². The molecule has 0 saturated heterocycles. The van der Waals surface area contributed by atoms with Crippen LogP contribution in [0.15, 0.2) is 28.7 Å². The summed E-state index contributed by atoms with van der Waals surface area (Å²) in [5.74, 6) is 1.34. The number of fused-ring (bicyclic) bond motifs is 1. The maximum atomic E-state index is 6.23. The zero-order valence-corrected chi connectivity index (χ0v) is 14.4. The Bertz CT molecular complexity index is 817. The molecule has 0 amide bonds. The summed E-state index contributed by atoms with van der Waals surface area (Å²) >= 11 is 8.36. The Hall–Kier alpha value is -1.18. The van der Waals surface area contributed by atoms with Crippen LogP contribution in [0.1, 0.15) is 11.5 Å². The molecule has 108 valence electrons. The fraction of sp³-hybridized carbons (Fsp3) is 0.200. The smallest absolute Gasteiger partial charge is 0.165 e. The molecule has 0 N–H and O–H groups in total. The lowest BCUT2D eigenvalue weighted by Crippen LogP contribution is -2.02. The first kappa shape index (κ1) is 14.7. The average molecular weight is 415 g/mol. The number of furan rings is 1. The molecule has 0 spiro atoms. The molecule has 21 heavy (non-hydrogen) atoms.